The second-order valence-electron chi connectivity index (χ2n) is 16.3. The summed E-state index contributed by atoms with van der Waals surface area (Å²) in [7, 11) is -0.171. The first-order valence-corrected chi connectivity index (χ1v) is 24.0. The number of carbonyl (C=O) groups excluding carboxylic acids is 2. The second-order valence-corrected chi connectivity index (χ2v) is 18.6. The van der Waals surface area contributed by atoms with E-state index in [1.807, 2.05) is 113 Å². The molecule has 0 saturated carbocycles. The zero-order valence-electron chi connectivity index (χ0n) is 44.7. The Bertz CT molecular complexity index is 3770. The number of methoxy groups -OCH3 is 2. The minimum Gasteiger partial charge on any atom is -1.00 e. The molecule has 0 aliphatic carbocycles. The predicted molar refractivity (Wildman–Crippen MR) is 271 cm³/mol. The van der Waals surface area contributed by atoms with E-state index in [1.165, 1.54) is 25.5 Å². The molecular weight excluding hydrogens is 1050 g/mol. The van der Waals surface area contributed by atoms with E-state index in [9.17, 15) is 13.2 Å². The van der Waals surface area contributed by atoms with Crippen molar-refractivity contribution in [2.45, 2.75) is 58.7 Å². The van der Waals surface area contributed by atoms with Crippen molar-refractivity contribution >= 4 is 33.9 Å². The van der Waals surface area contributed by atoms with Gasteiger partial charge in [-0.25, -0.2) is 48.3 Å². The molecule has 1 atom stereocenters. The molecule has 0 radical (unpaired) electrons. The van der Waals surface area contributed by atoms with E-state index in [1.54, 1.807) is 58.7 Å². The van der Waals surface area contributed by atoms with Crippen LogP contribution in [0.15, 0.2) is 125 Å². The Morgan fingerprint density at radius 3 is 1.66 bits per heavy atom. The first-order valence-electron chi connectivity index (χ1n) is 22.4. The van der Waals surface area contributed by atoms with Crippen LogP contribution in [0, 0.1) is 48.1 Å². The second kappa shape index (κ2) is 27.3. The molecule has 0 saturated heterocycles. The van der Waals surface area contributed by atoms with Gasteiger partial charge in [-0.2, -0.15) is 20.4 Å². The monoisotopic (exact) mass is 1100 g/mol. The van der Waals surface area contributed by atoms with E-state index in [0.717, 1.165) is 91.0 Å². The minimum absolute atomic E-state index is 0. The zero-order chi connectivity index (χ0) is 53.3. The molecule has 0 spiro atoms. The van der Waals surface area contributed by atoms with Crippen LogP contribution < -0.4 is 118 Å². The van der Waals surface area contributed by atoms with Crippen molar-refractivity contribution in [2.75, 3.05) is 14.2 Å². The van der Waals surface area contributed by atoms with Gasteiger partial charge < -0.3 is 25.5 Å². The predicted octanol–water partition coefficient (Wildman–Crippen LogP) is 1.78. The average molecular weight is 1100 g/mol. The number of hydrogen-bond acceptors (Lipinski definition) is 16. The molecule has 7 heterocycles. The number of benzene rings is 3. The fraction of sp³-hybridized carbons (Fsp3) is 0.192. The van der Waals surface area contributed by atoms with Gasteiger partial charge in [-0.15, -0.1) is 0 Å². The molecule has 0 N–H and O–H groups in total. The molecule has 7 aromatic heterocycles. The maximum atomic E-state index is 11.7. The van der Waals surface area contributed by atoms with Gasteiger partial charge in [0.2, 0.25) is 0 Å². The number of hydrogen-bond donors (Lipinski definition) is 0. The van der Waals surface area contributed by atoms with Crippen LogP contribution in [-0.2, 0) is 19.5 Å². The number of ether oxygens (including phenoxy) is 2. The SMILES string of the molecule is COc1cc(-n2cccn2)ccc1-c1c(C)nn2c(-c3ocnc3C)cc(C)nc12.COc1cc(-n2cccn2)ccc1-c1c(C)nn2c(C=O)cc(C)nc12.O=CO[O-].[C-]#[N+]C(C)S(=O)(=O)c1ccc(C)cc1.[H-].[K+].[K+]. The van der Waals surface area contributed by atoms with Crippen molar-refractivity contribution in [3.05, 3.63) is 167 Å². The van der Waals surface area contributed by atoms with E-state index in [0.29, 0.717) is 22.9 Å². The molecule has 24 heteroatoms. The molecule has 3 aromatic carbocycles. The van der Waals surface area contributed by atoms with Crippen molar-refractivity contribution in [3.8, 4) is 56.6 Å². The third-order valence-corrected chi connectivity index (χ3v) is 13.3. The van der Waals surface area contributed by atoms with Gasteiger partial charge in [0.05, 0.1) is 58.7 Å². The summed E-state index contributed by atoms with van der Waals surface area (Å²) in [5, 5.41) is 25.2. The number of aryl methyl sites for hydroxylation is 6. The number of nitrogens with zero attached hydrogens (tertiary/aromatic N) is 12. The van der Waals surface area contributed by atoms with E-state index in [2.05, 4.69) is 35.0 Å². The fourth-order valence-electron chi connectivity index (χ4n) is 7.84. The van der Waals surface area contributed by atoms with Crippen molar-refractivity contribution in [2.24, 2.45) is 0 Å². The number of carbonyl (C=O) groups is 2. The molecule has 0 fully saturated rings. The minimum atomic E-state index is -3.46. The standard InChI is InChI=1S/C22H20N6O2.C19H17N5O2.C10H11NO2S.CH2O3.2K.H/c1-13-10-18(21-15(3)23-12-30-21)28-22(25-13)20(14(2)26-28)17-7-6-16(11-19(17)29-4)27-9-5-8-24-27;1-12-9-15(11-25)24-19(21-12)18(13(2)22-24)16-6-5-14(10-17(16)26-3)23-8-4-7-20-23;1-8-4-6-10(7-5-8)14(12,13)9(2)11-3;2-1-4-3;;;/h5-12H,1-4H3;4-11H,1-3H3;4-7,9H,1-2H3;1,3H;;;/q;;;;2*+1;-1/p-1. The summed E-state index contributed by atoms with van der Waals surface area (Å²) in [4.78, 5) is 39.5. The van der Waals surface area contributed by atoms with Crippen molar-refractivity contribution in [3.63, 3.8) is 0 Å². The molecule has 10 aromatic rings. The summed E-state index contributed by atoms with van der Waals surface area (Å²) >= 11 is 0. The summed E-state index contributed by atoms with van der Waals surface area (Å²) in [6, 6.07) is 25.8. The molecule has 0 aliphatic heterocycles. The van der Waals surface area contributed by atoms with Gasteiger partial charge >= 0.3 is 108 Å². The molecule has 10 rings (SSSR count). The smallest absolute Gasteiger partial charge is 1.00 e. The number of aldehydes is 1. The van der Waals surface area contributed by atoms with Crippen LogP contribution in [0.25, 0.3) is 61.2 Å². The quantitative estimate of drug-likeness (QED) is 0.0589. The summed E-state index contributed by atoms with van der Waals surface area (Å²) in [6.45, 7) is 19.4. The van der Waals surface area contributed by atoms with Gasteiger partial charge in [0.1, 0.15) is 22.9 Å². The Morgan fingerprint density at radius 2 is 1.22 bits per heavy atom. The van der Waals surface area contributed by atoms with Gasteiger partial charge in [-0.1, -0.05) is 17.7 Å². The Morgan fingerprint density at radius 1 is 0.724 bits per heavy atom. The average Bonchev–Trinajstić information content (AvgIpc) is 4.28. The Kier molecular flexibility index (Phi) is 21.9. The summed E-state index contributed by atoms with van der Waals surface area (Å²) in [5.41, 5.74) is 13.0. The summed E-state index contributed by atoms with van der Waals surface area (Å²) < 4.78 is 47.3. The third kappa shape index (κ3) is 13.4. The zero-order valence-corrected chi connectivity index (χ0v) is 50.7. The van der Waals surface area contributed by atoms with Gasteiger partial charge in [-0.3, -0.25) is 14.4 Å². The van der Waals surface area contributed by atoms with Crippen molar-refractivity contribution < 1.29 is 146 Å². The van der Waals surface area contributed by atoms with E-state index < -0.39 is 15.2 Å². The number of aromatic nitrogens is 11. The first-order chi connectivity index (χ1) is 35.6. The van der Waals surface area contributed by atoms with Crippen LogP contribution in [-0.4, -0.2) is 94.5 Å². The number of sulfone groups is 1. The van der Waals surface area contributed by atoms with Crippen molar-refractivity contribution in [1.82, 2.24) is 53.7 Å². The molecule has 0 amide bonds. The van der Waals surface area contributed by atoms with Gasteiger partial charge in [0.15, 0.2) is 29.7 Å². The van der Waals surface area contributed by atoms with Gasteiger partial charge in [0, 0.05) is 66.4 Å². The maximum Gasteiger partial charge on any atom is 1.00 e. The van der Waals surface area contributed by atoms with E-state index in [4.69, 9.17) is 40.6 Å². The van der Waals surface area contributed by atoms with Crippen LogP contribution >= 0.6 is 0 Å². The van der Waals surface area contributed by atoms with Gasteiger partial charge in [0.25, 0.3) is 16.3 Å². The normalized spacial score (nSPS) is 11.0. The van der Waals surface area contributed by atoms with E-state index in [-0.39, 0.29) is 116 Å². The van der Waals surface area contributed by atoms with E-state index >= 15 is 0 Å². The number of oxazole rings is 1. The largest absolute Gasteiger partial charge is 1.00 e. The Balaban J connectivity index is 0.000000249. The first kappa shape index (κ1) is 60.8. The van der Waals surface area contributed by atoms with Crippen LogP contribution in [0.5, 0.6) is 11.5 Å². The van der Waals surface area contributed by atoms with Gasteiger partial charge in [-0.05, 0) is 102 Å². The molecule has 380 valence electrons. The Hall–Kier alpha value is -6.06. The number of rotatable bonds is 11. The van der Waals surface area contributed by atoms with Crippen LogP contribution in [0.3, 0.4) is 0 Å². The van der Waals surface area contributed by atoms with Crippen LogP contribution in [0.2, 0.25) is 0 Å². The Labute approximate surface area is 524 Å². The maximum absolute atomic E-state index is 11.7. The molecule has 1 unspecified atom stereocenters. The molecular formula is C52H50K2N12O9S. The van der Waals surface area contributed by atoms with Crippen LogP contribution in [0.4, 0.5) is 0 Å². The topological polar surface area (TPSA) is 245 Å². The third-order valence-electron chi connectivity index (χ3n) is 11.4. The summed E-state index contributed by atoms with van der Waals surface area (Å²) in [6.07, 6.45) is 9.47. The van der Waals surface area contributed by atoms with Crippen molar-refractivity contribution in [1.29, 1.82) is 0 Å². The molecule has 0 aliphatic rings. The van der Waals surface area contributed by atoms with Crippen LogP contribution in [0.1, 0.15) is 52.9 Å². The molecule has 0 bridgehead atoms. The molecule has 76 heavy (non-hydrogen) atoms. The molecule has 21 nitrogen and oxygen atoms in total. The summed E-state index contributed by atoms with van der Waals surface area (Å²) in [5.74, 6) is 2.09. The fourth-order valence-corrected chi connectivity index (χ4v) is 8.88. The number of fused-ring (bicyclic) bond motifs is 2.